The monoisotopic (exact) mass is 268 g/mol. The first-order valence-corrected chi connectivity index (χ1v) is 6.25. The summed E-state index contributed by atoms with van der Waals surface area (Å²) in [7, 11) is 0. The van der Waals surface area contributed by atoms with Gasteiger partial charge in [-0.3, -0.25) is 4.79 Å². The maximum atomic E-state index is 10.9. The Hall–Kier alpha value is -1.43. The molecule has 0 saturated heterocycles. The van der Waals surface area contributed by atoms with Crippen molar-refractivity contribution in [3.63, 3.8) is 0 Å². The molecule has 0 atom stereocenters. The number of benzene rings is 1. The lowest BCUT2D eigenvalue weighted by Crippen LogP contribution is -2.04. The fourth-order valence-corrected chi connectivity index (χ4v) is 1.42. The Kier molecular flexibility index (Phi) is 7.81. The third-order valence-electron chi connectivity index (χ3n) is 2.28. The molecule has 0 radical (unpaired) electrons. The van der Waals surface area contributed by atoms with Crippen molar-refractivity contribution in [2.75, 3.05) is 26.8 Å². The first-order valence-electron chi connectivity index (χ1n) is 6.25. The molecule has 0 spiro atoms. The number of ether oxygens (including phenoxy) is 4. The van der Waals surface area contributed by atoms with Crippen LogP contribution in [-0.2, 0) is 20.8 Å². The van der Waals surface area contributed by atoms with Crippen LogP contribution < -0.4 is 4.74 Å². The van der Waals surface area contributed by atoms with Gasteiger partial charge in [0.1, 0.15) is 18.8 Å². The van der Waals surface area contributed by atoms with Gasteiger partial charge in [0.05, 0.1) is 6.61 Å². The average molecular weight is 268 g/mol. The highest BCUT2D eigenvalue weighted by Crippen LogP contribution is 2.17. The third-order valence-corrected chi connectivity index (χ3v) is 2.28. The molecule has 5 heteroatoms. The molecule has 0 fully saturated rings. The van der Waals surface area contributed by atoms with E-state index in [0.29, 0.717) is 31.1 Å². The van der Waals surface area contributed by atoms with Gasteiger partial charge in [0, 0.05) is 18.8 Å². The van der Waals surface area contributed by atoms with Crippen LogP contribution in [0.1, 0.15) is 29.8 Å². The summed E-state index contributed by atoms with van der Waals surface area (Å²) in [5.74, 6) is 0.591. The SMILES string of the molecule is CCOCOCc1cc(C=O)cc(OCOCC)c1. The molecule has 1 rings (SSSR count). The summed E-state index contributed by atoms with van der Waals surface area (Å²) in [6.07, 6.45) is 0.777. The summed E-state index contributed by atoms with van der Waals surface area (Å²) in [5, 5.41) is 0. The van der Waals surface area contributed by atoms with Crippen molar-refractivity contribution in [3.8, 4) is 5.75 Å². The standard InChI is InChI=1S/C14H20O5/c1-3-16-10-18-9-13-5-12(8-15)6-14(7-13)19-11-17-4-2/h5-8H,3-4,9-11H2,1-2H3. The van der Waals surface area contributed by atoms with E-state index in [0.717, 1.165) is 11.8 Å². The molecular weight excluding hydrogens is 248 g/mol. The Bertz CT molecular complexity index is 378. The molecule has 0 aromatic heterocycles. The number of carbonyl (C=O) groups is 1. The number of hydrogen-bond acceptors (Lipinski definition) is 5. The summed E-state index contributed by atoms with van der Waals surface area (Å²) < 4.78 is 20.9. The van der Waals surface area contributed by atoms with E-state index in [1.165, 1.54) is 0 Å². The molecule has 19 heavy (non-hydrogen) atoms. The van der Waals surface area contributed by atoms with E-state index in [-0.39, 0.29) is 13.6 Å². The molecule has 0 aliphatic rings. The Balaban J connectivity index is 2.58. The van der Waals surface area contributed by atoms with Crippen LogP contribution >= 0.6 is 0 Å². The second kappa shape index (κ2) is 9.49. The lowest BCUT2D eigenvalue weighted by atomic mass is 10.1. The molecule has 1 aromatic carbocycles. The van der Waals surface area contributed by atoms with Gasteiger partial charge in [-0.15, -0.1) is 0 Å². The fraction of sp³-hybridized carbons (Fsp3) is 0.500. The predicted molar refractivity (Wildman–Crippen MR) is 70.2 cm³/mol. The van der Waals surface area contributed by atoms with Gasteiger partial charge in [0.15, 0.2) is 6.79 Å². The average Bonchev–Trinajstić information content (AvgIpc) is 2.44. The van der Waals surface area contributed by atoms with Gasteiger partial charge >= 0.3 is 0 Å². The van der Waals surface area contributed by atoms with E-state index >= 15 is 0 Å². The van der Waals surface area contributed by atoms with Crippen LogP contribution in [0.15, 0.2) is 18.2 Å². The minimum Gasteiger partial charge on any atom is -0.468 e. The maximum Gasteiger partial charge on any atom is 0.189 e. The fourth-order valence-electron chi connectivity index (χ4n) is 1.42. The molecule has 0 aliphatic carbocycles. The molecular formula is C14H20O5. The van der Waals surface area contributed by atoms with E-state index in [2.05, 4.69) is 0 Å². The minimum absolute atomic E-state index is 0.165. The Morgan fingerprint density at radius 1 is 1.00 bits per heavy atom. The number of rotatable bonds is 10. The van der Waals surface area contributed by atoms with Crippen molar-refractivity contribution < 1.29 is 23.7 Å². The van der Waals surface area contributed by atoms with Crippen LogP contribution in [0.25, 0.3) is 0 Å². The van der Waals surface area contributed by atoms with Gasteiger partial charge in [-0.05, 0) is 37.6 Å². The topological polar surface area (TPSA) is 54.0 Å². The highest BCUT2D eigenvalue weighted by molar-refractivity contribution is 5.76. The molecule has 0 unspecified atom stereocenters. The van der Waals surface area contributed by atoms with Gasteiger partial charge in [-0.1, -0.05) is 0 Å². The smallest absolute Gasteiger partial charge is 0.189 e. The van der Waals surface area contributed by atoms with Crippen molar-refractivity contribution in [1.82, 2.24) is 0 Å². The van der Waals surface area contributed by atoms with Crippen molar-refractivity contribution >= 4 is 6.29 Å². The van der Waals surface area contributed by atoms with Crippen molar-refractivity contribution in [2.24, 2.45) is 0 Å². The molecule has 5 nitrogen and oxygen atoms in total. The zero-order chi connectivity index (χ0) is 13.9. The molecule has 0 aliphatic heterocycles. The van der Waals surface area contributed by atoms with E-state index < -0.39 is 0 Å². The van der Waals surface area contributed by atoms with Crippen molar-refractivity contribution in [1.29, 1.82) is 0 Å². The number of aldehydes is 1. The molecule has 1 aromatic rings. The molecule has 0 N–H and O–H groups in total. The van der Waals surface area contributed by atoms with E-state index in [4.69, 9.17) is 18.9 Å². The summed E-state index contributed by atoms with van der Waals surface area (Å²) in [6.45, 7) is 5.74. The lowest BCUT2D eigenvalue weighted by molar-refractivity contribution is -0.0572. The largest absolute Gasteiger partial charge is 0.468 e. The summed E-state index contributed by atoms with van der Waals surface area (Å²) in [5.41, 5.74) is 1.40. The second-order valence-electron chi connectivity index (χ2n) is 3.74. The molecule has 0 heterocycles. The zero-order valence-corrected chi connectivity index (χ0v) is 11.4. The molecule has 0 bridgehead atoms. The van der Waals surface area contributed by atoms with Gasteiger partial charge in [-0.25, -0.2) is 0 Å². The van der Waals surface area contributed by atoms with Gasteiger partial charge < -0.3 is 18.9 Å². The normalized spacial score (nSPS) is 10.4. The third kappa shape index (κ3) is 6.33. The first kappa shape index (κ1) is 15.6. The van der Waals surface area contributed by atoms with Gasteiger partial charge in [0.25, 0.3) is 0 Å². The molecule has 0 saturated carbocycles. The Morgan fingerprint density at radius 3 is 2.42 bits per heavy atom. The van der Waals surface area contributed by atoms with Crippen LogP contribution in [-0.4, -0.2) is 33.1 Å². The van der Waals surface area contributed by atoms with E-state index in [9.17, 15) is 4.79 Å². The van der Waals surface area contributed by atoms with Crippen molar-refractivity contribution in [2.45, 2.75) is 20.5 Å². The van der Waals surface area contributed by atoms with Gasteiger partial charge in [0.2, 0.25) is 0 Å². The highest BCUT2D eigenvalue weighted by atomic mass is 16.7. The molecule has 0 amide bonds. The molecule has 106 valence electrons. The van der Waals surface area contributed by atoms with Crippen LogP contribution in [0.5, 0.6) is 5.75 Å². The van der Waals surface area contributed by atoms with Gasteiger partial charge in [-0.2, -0.15) is 0 Å². The zero-order valence-electron chi connectivity index (χ0n) is 11.4. The number of hydrogen-bond donors (Lipinski definition) is 0. The van der Waals surface area contributed by atoms with E-state index in [1.54, 1.807) is 12.1 Å². The minimum atomic E-state index is 0.165. The maximum absolute atomic E-state index is 10.9. The van der Waals surface area contributed by atoms with Crippen LogP contribution in [0.4, 0.5) is 0 Å². The lowest BCUT2D eigenvalue weighted by Gasteiger charge is -2.09. The Morgan fingerprint density at radius 2 is 1.74 bits per heavy atom. The first-order chi connectivity index (χ1) is 9.30. The number of carbonyl (C=O) groups excluding carboxylic acids is 1. The van der Waals surface area contributed by atoms with Crippen LogP contribution in [0.3, 0.4) is 0 Å². The van der Waals surface area contributed by atoms with Crippen molar-refractivity contribution in [3.05, 3.63) is 29.3 Å². The second-order valence-corrected chi connectivity index (χ2v) is 3.74. The predicted octanol–water partition coefficient (Wildman–Crippen LogP) is 2.38. The van der Waals surface area contributed by atoms with Crippen LogP contribution in [0, 0.1) is 0 Å². The Labute approximate surface area is 113 Å². The summed E-state index contributed by atoms with van der Waals surface area (Å²) in [4.78, 5) is 10.9. The highest BCUT2D eigenvalue weighted by Gasteiger charge is 2.02. The quantitative estimate of drug-likeness (QED) is 0.370. The van der Waals surface area contributed by atoms with E-state index in [1.807, 2.05) is 19.9 Å². The van der Waals surface area contributed by atoms with Crippen LogP contribution in [0.2, 0.25) is 0 Å². The summed E-state index contributed by atoms with van der Waals surface area (Å²) in [6, 6.07) is 5.24. The summed E-state index contributed by atoms with van der Waals surface area (Å²) >= 11 is 0.